The van der Waals surface area contributed by atoms with E-state index in [9.17, 15) is 18.0 Å². The number of alkyl halides is 3. The van der Waals surface area contributed by atoms with Gasteiger partial charge in [0.15, 0.2) is 12.3 Å². The summed E-state index contributed by atoms with van der Waals surface area (Å²) in [4.78, 5) is 16.6. The Bertz CT molecular complexity index is 629. The van der Waals surface area contributed by atoms with Crippen molar-refractivity contribution in [1.82, 2.24) is 9.88 Å². The van der Waals surface area contributed by atoms with Gasteiger partial charge in [-0.05, 0) is 12.1 Å². The molecule has 0 N–H and O–H groups in total. The van der Waals surface area contributed by atoms with Crippen molar-refractivity contribution in [2.75, 3.05) is 13.7 Å². The van der Waals surface area contributed by atoms with Crippen molar-refractivity contribution in [3.8, 4) is 5.75 Å². The molecule has 1 aromatic carbocycles. The first kappa shape index (κ1) is 16.3. The Hall–Kier alpha value is -2.09. The SMILES string of the molecule is CN(Cc1nc(C(F)(F)F)cs1)C(=O)COc1ccccc1. The fourth-order valence-electron chi connectivity index (χ4n) is 1.58. The summed E-state index contributed by atoms with van der Waals surface area (Å²) in [7, 11) is 1.49. The molecular weight excluding hydrogens is 317 g/mol. The zero-order valence-corrected chi connectivity index (χ0v) is 12.4. The third-order valence-electron chi connectivity index (χ3n) is 2.75. The molecule has 0 spiro atoms. The van der Waals surface area contributed by atoms with Gasteiger partial charge in [0, 0.05) is 12.4 Å². The minimum absolute atomic E-state index is 0.0116. The predicted molar refractivity (Wildman–Crippen MR) is 75.5 cm³/mol. The molecule has 118 valence electrons. The summed E-state index contributed by atoms with van der Waals surface area (Å²) >= 11 is 0.871. The van der Waals surface area contributed by atoms with Crippen molar-refractivity contribution < 1.29 is 22.7 Å². The minimum Gasteiger partial charge on any atom is -0.484 e. The molecule has 0 bridgehead atoms. The number of rotatable bonds is 5. The van der Waals surface area contributed by atoms with Crippen LogP contribution >= 0.6 is 11.3 Å². The maximum absolute atomic E-state index is 12.4. The molecule has 0 aliphatic heterocycles. The fraction of sp³-hybridized carbons (Fsp3) is 0.286. The Morgan fingerprint density at radius 2 is 2.00 bits per heavy atom. The van der Waals surface area contributed by atoms with Crippen LogP contribution in [0.15, 0.2) is 35.7 Å². The van der Waals surface area contributed by atoms with Gasteiger partial charge < -0.3 is 9.64 Å². The van der Waals surface area contributed by atoms with Crippen LogP contribution in [0.3, 0.4) is 0 Å². The van der Waals surface area contributed by atoms with Crippen molar-refractivity contribution in [3.05, 3.63) is 46.4 Å². The number of benzene rings is 1. The molecule has 0 atom stereocenters. The van der Waals surface area contributed by atoms with E-state index >= 15 is 0 Å². The molecule has 0 aliphatic rings. The smallest absolute Gasteiger partial charge is 0.434 e. The topological polar surface area (TPSA) is 42.4 Å². The fourth-order valence-corrected chi connectivity index (χ4v) is 2.43. The lowest BCUT2D eigenvalue weighted by atomic mass is 10.3. The first-order valence-corrected chi connectivity index (χ1v) is 7.17. The number of hydrogen-bond donors (Lipinski definition) is 0. The highest BCUT2D eigenvalue weighted by molar-refractivity contribution is 7.09. The van der Waals surface area contributed by atoms with E-state index in [1.165, 1.54) is 11.9 Å². The number of likely N-dealkylation sites (N-methyl/N-ethyl adjacent to an activating group) is 1. The third kappa shape index (κ3) is 4.45. The standard InChI is InChI=1S/C14H13F3N2O2S/c1-19(7-12-18-11(9-22-12)14(15,16)17)13(20)8-21-10-5-3-2-4-6-10/h2-6,9H,7-8H2,1H3. The van der Waals surface area contributed by atoms with Gasteiger partial charge >= 0.3 is 6.18 Å². The Balaban J connectivity index is 1.87. The van der Waals surface area contributed by atoms with E-state index in [4.69, 9.17) is 4.74 Å². The Labute approximate surface area is 129 Å². The molecule has 0 unspecified atom stereocenters. The molecular formula is C14H13F3N2O2S. The summed E-state index contributed by atoms with van der Waals surface area (Å²) < 4.78 is 42.6. The zero-order chi connectivity index (χ0) is 16.2. The Kier molecular flexibility index (Phi) is 5.02. The second-order valence-corrected chi connectivity index (χ2v) is 5.42. The number of para-hydroxylation sites is 1. The second-order valence-electron chi connectivity index (χ2n) is 4.48. The monoisotopic (exact) mass is 330 g/mol. The average Bonchev–Trinajstić information content (AvgIpc) is 2.94. The van der Waals surface area contributed by atoms with E-state index in [1.54, 1.807) is 24.3 Å². The van der Waals surface area contributed by atoms with Crippen molar-refractivity contribution in [3.63, 3.8) is 0 Å². The summed E-state index contributed by atoms with van der Waals surface area (Å²) in [6.45, 7) is -0.171. The van der Waals surface area contributed by atoms with E-state index in [0.717, 1.165) is 16.7 Å². The van der Waals surface area contributed by atoms with Gasteiger partial charge in [0.2, 0.25) is 0 Å². The van der Waals surface area contributed by atoms with E-state index < -0.39 is 11.9 Å². The van der Waals surface area contributed by atoms with Crippen LogP contribution in [0, 0.1) is 0 Å². The van der Waals surface area contributed by atoms with Gasteiger partial charge in [-0.2, -0.15) is 13.2 Å². The van der Waals surface area contributed by atoms with E-state index in [0.29, 0.717) is 5.75 Å². The van der Waals surface area contributed by atoms with Gasteiger partial charge in [0.25, 0.3) is 5.91 Å². The van der Waals surface area contributed by atoms with Gasteiger partial charge in [-0.15, -0.1) is 11.3 Å². The van der Waals surface area contributed by atoms with Crippen molar-refractivity contribution in [1.29, 1.82) is 0 Å². The molecule has 1 amide bonds. The highest BCUT2D eigenvalue weighted by atomic mass is 32.1. The highest BCUT2D eigenvalue weighted by Crippen LogP contribution is 2.30. The lowest BCUT2D eigenvalue weighted by molar-refractivity contribution is -0.140. The van der Waals surface area contributed by atoms with Crippen LogP contribution in [0.2, 0.25) is 0 Å². The summed E-state index contributed by atoms with van der Waals surface area (Å²) in [5.41, 5.74) is -0.936. The molecule has 1 heterocycles. The number of nitrogens with zero attached hydrogens (tertiary/aromatic N) is 2. The summed E-state index contributed by atoms with van der Waals surface area (Å²) in [5.74, 6) is 0.213. The maximum Gasteiger partial charge on any atom is 0.434 e. The average molecular weight is 330 g/mol. The van der Waals surface area contributed by atoms with Gasteiger partial charge in [-0.1, -0.05) is 18.2 Å². The number of carbonyl (C=O) groups excluding carboxylic acids is 1. The quantitative estimate of drug-likeness (QED) is 0.845. The van der Waals surface area contributed by atoms with E-state index in [2.05, 4.69) is 4.98 Å². The molecule has 2 aromatic rings. The van der Waals surface area contributed by atoms with Crippen LogP contribution in [0.1, 0.15) is 10.7 Å². The minimum atomic E-state index is -4.46. The number of halogens is 3. The molecule has 22 heavy (non-hydrogen) atoms. The molecule has 4 nitrogen and oxygen atoms in total. The molecule has 0 saturated heterocycles. The Morgan fingerprint density at radius 3 is 2.59 bits per heavy atom. The van der Waals surface area contributed by atoms with E-state index in [-0.39, 0.29) is 24.1 Å². The molecule has 1 aromatic heterocycles. The van der Waals surface area contributed by atoms with Crippen LogP contribution in [-0.2, 0) is 17.5 Å². The largest absolute Gasteiger partial charge is 0.484 e. The van der Waals surface area contributed by atoms with Crippen LogP contribution in [0.25, 0.3) is 0 Å². The lowest BCUT2D eigenvalue weighted by Crippen LogP contribution is -2.31. The van der Waals surface area contributed by atoms with Gasteiger partial charge in [0.05, 0.1) is 6.54 Å². The van der Waals surface area contributed by atoms with E-state index in [1.807, 2.05) is 6.07 Å². The normalized spacial score (nSPS) is 11.3. The maximum atomic E-state index is 12.4. The van der Waals surface area contributed by atoms with Crippen molar-refractivity contribution in [2.45, 2.75) is 12.7 Å². The van der Waals surface area contributed by atoms with Crippen LogP contribution < -0.4 is 4.74 Å². The van der Waals surface area contributed by atoms with Crippen LogP contribution in [-0.4, -0.2) is 29.4 Å². The van der Waals surface area contributed by atoms with Gasteiger partial charge in [0.1, 0.15) is 10.8 Å². The van der Waals surface area contributed by atoms with Crippen molar-refractivity contribution >= 4 is 17.2 Å². The number of hydrogen-bond acceptors (Lipinski definition) is 4. The first-order valence-electron chi connectivity index (χ1n) is 6.29. The van der Waals surface area contributed by atoms with Crippen molar-refractivity contribution in [2.24, 2.45) is 0 Å². The number of ether oxygens (including phenoxy) is 1. The zero-order valence-electron chi connectivity index (χ0n) is 11.6. The first-order chi connectivity index (χ1) is 10.4. The molecule has 2 rings (SSSR count). The summed E-state index contributed by atoms with van der Waals surface area (Å²) in [5, 5.41) is 1.16. The third-order valence-corrected chi connectivity index (χ3v) is 3.58. The lowest BCUT2D eigenvalue weighted by Gasteiger charge is -2.16. The Morgan fingerprint density at radius 1 is 1.32 bits per heavy atom. The number of thiazole rings is 1. The molecule has 8 heteroatoms. The number of carbonyl (C=O) groups is 1. The number of amides is 1. The van der Waals surface area contributed by atoms with Crippen LogP contribution in [0.4, 0.5) is 13.2 Å². The van der Waals surface area contributed by atoms with Gasteiger partial charge in [-0.25, -0.2) is 4.98 Å². The summed E-state index contributed by atoms with van der Waals surface area (Å²) in [6.07, 6.45) is -4.46. The molecule has 0 aliphatic carbocycles. The molecule has 0 saturated carbocycles. The molecule has 0 radical (unpaired) electrons. The number of aromatic nitrogens is 1. The second kappa shape index (κ2) is 6.78. The summed E-state index contributed by atoms with van der Waals surface area (Å²) in [6, 6.07) is 8.80. The molecule has 0 fully saturated rings. The predicted octanol–water partition coefficient (Wildman–Crippen LogP) is 3.20. The highest BCUT2D eigenvalue weighted by Gasteiger charge is 2.33. The van der Waals surface area contributed by atoms with Gasteiger partial charge in [-0.3, -0.25) is 4.79 Å². The van der Waals surface area contributed by atoms with Crippen LogP contribution in [0.5, 0.6) is 5.75 Å².